The van der Waals surface area contributed by atoms with Gasteiger partial charge < -0.3 is 14.4 Å². The monoisotopic (exact) mass is 408 g/mol. The second kappa shape index (κ2) is 8.68. The normalized spacial score (nSPS) is 23.5. The molecule has 5 heteroatoms. The smallest absolute Gasteiger partial charge is 0.219 e. The van der Waals surface area contributed by atoms with E-state index in [9.17, 15) is 4.79 Å². The van der Waals surface area contributed by atoms with E-state index in [0.717, 1.165) is 43.2 Å². The van der Waals surface area contributed by atoms with Gasteiger partial charge in [-0.3, -0.25) is 9.69 Å². The van der Waals surface area contributed by atoms with E-state index in [1.807, 2.05) is 25.1 Å². The van der Waals surface area contributed by atoms with Gasteiger partial charge in [-0.25, -0.2) is 0 Å². The lowest BCUT2D eigenvalue weighted by molar-refractivity contribution is -0.130. The minimum Gasteiger partial charge on any atom is -0.493 e. The van der Waals surface area contributed by atoms with E-state index in [1.54, 1.807) is 14.0 Å². The number of benzene rings is 2. The molecule has 2 aliphatic heterocycles. The fraction of sp³-hybridized carbons (Fsp3) is 0.480. The minimum atomic E-state index is 0.178. The van der Waals surface area contributed by atoms with Crippen molar-refractivity contribution in [1.29, 1.82) is 0 Å². The summed E-state index contributed by atoms with van der Waals surface area (Å²) in [6.07, 6.45) is 0. The quantitative estimate of drug-likeness (QED) is 0.728. The van der Waals surface area contributed by atoms with Crippen LogP contribution in [-0.4, -0.2) is 55.6 Å². The highest BCUT2D eigenvalue weighted by atomic mass is 16.5. The lowest BCUT2D eigenvalue weighted by atomic mass is 9.87. The Hall–Kier alpha value is -2.53. The maximum Gasteiger partial charge on any atom is 0.219 e. The molecule has 2 aliphatic rings. The first-order valence-corrected chi connectivity index (χ1v) is 10.8. The van der Waals surface area contributed by atoms with Gasteiger partial charge in [0.05, 0.1) is 13.2 Å². The van der Waals surface area contributed by atoms with Crippen molar-refractivity contribution in [3.63, 3.8) is 0 Å². The number of hydrogen-bond acceptors (Lipinski definition) is 4. The van der Waals surface area contributed by atoms with Crippen LogP contribution in [-0.2, 0) is 4.79 Å². The van der Waals surface area contributed by atoms with Gasteiger partial charge in [0.1, 0.15) is 6.61 Å². The van der Waals surface area contributed by atoms with Gasteiger partial charge in [-0.15, -0.1) is 0 Å². The topological polar surface area (TPSA) is 42.0 Å². The zero-order chi connectivity index (χ0) is 21.3. The van der Waals surface area contributed by atoms with E-state index in [-0.39, 0.29) is 11.9 Å². The Labute approximate surface area is 179 Å². The number of rotatable bonds is 6. The summed E-state index contributed by atoms with van der Waals surface area (Å²) in [7, 11) is 1.68. The number of aryl methyl sites for hydroxylation is 2. The highest BCUT2D eigenvalue weighted by Gasteiger charge is 2.48. The molecule has 2 aromatic rings. The Kier molecular flexibility index (Phi) is 6.00. The predicted octanol–water partition coefficient (Wildman–Crippen LogP) is 3.84. The largest absolute Gasteiger partial charge is 0.493 e. The highest BCUT2D eigenvalue weighted by Crippen LogP contribution is 2.45. The summed E-state index contributed by atoms with van der Waals surface area (Å²) in [5.74, 6) is 2.75. The molecule has 5 nitrogen and oxygen atoms in total. The van der Waals surface area contributed by atoms with E-state index in [1.165, 1.54) is 11.1 Å². The third-order valence-electron chi connectivity index (χ3n) is 6.64. The average Bonchev–Trinajstić information content (AvgIpc) is 3.27. The summed E-state index contributed by atoms with van der Waals surface area (Å²) in [5.41, 5.74) is 3.72. The van der Waals surface area contributed by atoms with Crippen molar-refractivity contribution < 1.29 is 14.3 Å². The first-order valence-electron chi connectivity index (χ1n) is 10.8. The summed E-state index contributed by atoms with van der Waals surface area (Å²) >= 11 is 0. The zero-order valence-corrected chi connectivity index (χ0v) is 18.4. The van der Waals surface area contributed by atoms with Crippen LogP contribution in [0.5, 0.6) is 11.5 Å². The zero-order valence-electron chi connectivity index (χ0n) is 18.4. The Morgan fingerprint density at radius 3 is 2.60 bits per heavy atom. The highest BCUT2D eigenvalue weighted by molar-refractivity contribution is 5.74. The number of amides is 1. The van der Waals surface area contributed by atoms with Crippen LogP contribution in [0.3, 0.4) is 0 Å². The van der Waals surface area contributed by atoms with Crippen LogP contribution >= 0.6 is 0 Å². The Balaban J connectivity index is 1.41. The molecule has 0 N–H and O–H groups in total. The molecular weight excluding hydrogens is 376 g/mol. The van der Waals surface area contributed by atoms with Crippen LogP contribution in [0.1, 0.15) is 29.7 Å². The van der Waals surface area contributed by atoms with E-state index in [0.29, 0.717) is 18.4 Å². The number of likely N-dealkylation sites (tertiary alicyclic amines) is 2. The summed E-state index contributed by atoms with van der Waals surface area (Å²) in [6.45, 7) is 10.3. The van der Waals surface area contributed by atoms with Crippen LogP contribution < -0.4 is 9.47 Å². The third-order valence-corrected chi connectivity index (χ3v) is 6.64. The van der Waals surface area contributed by atoms with Gasteiger partial charge in [0.15, 0.2) is 11.5 Å². The van der Waals surface area contributed by atoms with Gasteiger partial charge in [-0.05, 0) is 48.6 Å². The molecule has 0 radical (unpaired) electrons. The van der Waals surface area contributed by atoms with Crippen LogP contribution in [0.25, 0.3) is 0 Å². The molecule has 160 valence electrons. The molecule has 1 amide bonds. The first-order chi connectivity index (χ1) is 14.5. The fourth-order valence-corrected chi connectivity index (χ4v) is 5.14. The Bertz CT molecular complexity index is 913. The number of carbonyl (C=O) groups excluding carboxylic acids is 1. The summed E-state index contributed by atoms with van der Waals surface area (Å²) in [6, 6.07) is 14.7. The molecule has 0 aromatic heterocycles. The Morgan fingerprint density at radius 1 is 1.07 bits per heavy atom. The van der Waals surface area contributed by atoms with Crippen LogP contribution in [0.4, 0.5) is 0 Å². The first kappa shape index (κ1) is 20.7. The summed E-state index contributed by atoms with van der Waals surface area (Å²) in [5, 5.41) is 0. The van der Waals surface area contributed by atoms with Crippen molar-refractivity contribution >= 4 is 5.91 Å². The van der Waals surface area contributed by atoms with E-state index >= 15 is 0 Å². The SMILES string of the molecule is COc1cc(C)ccc1OCCN1C[C@@H]2CN(C(C)=O)[C@@H](c3ccccc3C)[C@@H]2C1. The van der Waals surface area contributed by atoms with Crippen molar-refractivity contribution in [2.75, 3.05) is 39.9 Å². The van der Waals surface area contributed by atoms with Gasteiger partial charge >= 0.3 is 0 Å². The molecule has 2 saturated heterocycles. The molecule has 2 fully saturated rings. The molecule has 2 heterocycles. The number of fused-ring (bicyclic) bond motifs is 1. The minimum absolute atomic E-state index is 0.178. The Morgan fingerprint density at radius 2 is 1.87 bits per heavy atom. The van der Waals surface area contributed by atoms with E-state index in [4.69, 9.17) is 9.47 Å². The molecule has 0 unspecified atom stereocenters. The number of methoxy groups -OCH3 is 1. The summed E-state index contributed by atoms with van der Waals surface area (Å²) in [4.78, 5) is 16.9. The van der Waals surface area contributed by atoms with Gasteiger partial charge in [-0.2, -0.15) is 0 Å². The van der Waals surface area contributed by atoms with Crippen molar-refractivity contribution in [2.24, 2.45) is 11.8 Å². The lowest BCUT2D eigenvalue weighted by Gasteiger charge is -2.30. The molecule has 0 aliphatic carbocycles. The molecule has 4 rings (SSSR count). The van der Waals surface area contributed by atoms with Gasteiger partial charge in [0.25, 0.3) is 0 Å². The molecule has 0 saturated carbocycles. The second-order valence-electron chi connectivity index (χ2n) is 8.66. The van der Waals surface area contributed by atoms with Gasteiger partial charge in [0, 0.05) is 39.0 Å². The third kappa shape index (κ3) is 4.04. The van der Waals surface area contributed by atoms with Crippen molar-refractivity contribution in [1.82, 2.24) is 9.80 Å². The van der Waals surface area contributed by atoms with Crippen LogP contribution in [0.2, 0.25) is 0 Å². The standard InChI is InChI=1S/C25H32N2O3/c1-17-9-10-23(24(13-17)29-4)30-12-11-26-14-20-15-27(19(3)28)25(22(20)16-26)21-8-6-5-7-18(21)2/h5-10,13,20,22,25H,11-12,14-16H2,1-4H3/t20-,22-,25+/m1/s1. The average molecular weight is 409 g/mol. The van der Waals surface area contributed by atoms with Gasteiger partial charge in [0.2, 0.25) is 5.91 Å². The fourth-order valence-electron chi connectivity index (χ4n) is 5.14. The predicted molar refractivity (Wildman–Crippen MR) is 118 cm³/mol. The molecule has 0 bridgehead atoms. The lowest BCUT2D eigenvalue weighted by Crippen LogP contribution is -2.35. The van der Waals surface area contributed by atoms with Crippen LogP contribution in [0.15, 0.2) is 42.5 Å². The van der Waals surface area contributed by atoms with Crippen LogP contribution in [0, 0.1) is 25.7 Å². The van der Waals surface area contributed by atoms with Crippen molar-refractivity contribution in [3.05, 3.63) is 59.2 Å². The number of hydrogen-bond donors (Lipinski definition) is 0. The number of carbonyl (C=O) groups is 1. The second-order valence-corrected chi connectivity index (χ2v) is 8.66. The summed E-state index contributed by atoms with van der Waals surface area (Å²) < 4.78 is 11.5. The molecule has 30 heavy (non-hydrogen) atoms. The molecular formula is C25H32N2O3. The number of ether oxygens (including phenoxy) is 2. The van der Waals surface area contributed by atoms with Gasteiger partial charge in [-0.1, -0.05) is 30.3 Å². The van der Waals surface area contributed by atoms with E-state index < -0.39 is 0 Å². The molecule has 2 aromatic carbocycles. The van der Waals surface area contributed by atoms with E-state index in [2.05, 4.69) is 41.0 Å². The number of nitrogens with zero attached hydrogens (tertiary/aromatic N) is 2. The molecule has 3 atom stereocenters. The maximum atomic E-state index is 12.3. The van der Waals surface area contributed by atoms with Crippen molar-refractivity contribution in [3.8, 4) is 11.5 Å². The van der Waals surface area contributed by atoms with Crippen molar-refractivity contribution in [2.45, 2.75) is 26.8 Å². The maximum absolute atomic E-state index is 12.3. The molecule has 0 spiro atoms.